The standard InChI is InChI=1S/C12H22N2O2S/c1-17-10-11(15)13-7-5-9-14-8-4-2-3-6-12(14)16/h2-10H2,1H3,(H,13,15). The number of nitrogens with one attached hydrogen (secondary N) is 1. The normalized spacial score (nSPS) is 16.8. The second-order valence-corrected chi connectivity index (χ2v) is 5.19. The van der Waals surface area contributed by atoms with Crippen LogP contribution in [0.1, 0.15) is 32.1 Å². The fraction of sp³-hybridized carbons (Fsp3) is 0.833. The summed E-state index contributed by atoms with van der Waals surface area (Å²) in [7, 11) is 0. The molecule has 1 N–H and O–H groups in total. The fourth-order valence-electron chi connectivity index (χ4n) is 1.95. The Kier molecular flexibility index (Phi) is 7.08. The zero-order valence-corrected chi connectivity index (χ0v) is 11.4. The molecule has 1 aliphatic rings. The Morgan fingerprint density at radius 2 is 2.24 bits per heavy atom. The Balaban J connectivity index is 2.12. The SMILES string of the molecule is CSCC(=O)NCCCN1CCCCCC1=O. The number of carbonyl (C=O) groups is 2. The molecule has 1 fully saturated rings. The lowest BCUT2D eigenvalue weighted by Gasteiger charge is -2.20. The first-order chi connectivity index (χ1) is 8.24. The lowest BCUT2D eigenvalue weighted by molar-refractivity contribution is -0.130. The van der Waals surface area contributed by atoms with Gasteiger partial charge in [-0.2, -0.15) is 11.8 Å². The van der Waals surface area contributed by atoms with Crippen LogP contribution in [0, 0.1) is 0 Å². The first-order valence-electron chi connectivity index (χ1n) is 6.27. The summed E-state index contributed by atoms with van der Waals surface area (Å²) in [4.78, 5) is 24.8. The highest BCUT2D eigenvalue weighted by Gasteiger charge is 2.15. The number of carbonyl (C=O) groups excluding carboxylic acids is 2. The predicted octanol–water partition coefficient (Wildman–Crippen LogP) is 1.26. The fourth-order valence-corrected chi connectivity index (χ4v) is 2.32. The molecule has 0 bridgehead atoms. The number of likely N-dealkylation sites (tertiary alicyclic amines) is 1. The van der Waals surface area contributed by atoms with Crippen LogP contribution < -0.4 is 5.32 Å². The molecule has 0 aromatic heterocycles. The molecule has 0 atom stereocenters. The van der Waals surface area contributed by atoms with Gasteiger partial charge in [0.25, 0.3) is 0 Å². The molecule has 5 heteroatoms. The highest BCUT2D eigenvalue weighted by Crippen LogP contribution is 2.11. The van der Waals surface area contributed by atoms with Crippen LogP contribution in [0.3, 0.4) is 0 Å². The van der Waals surface area contributed by atoms with E-state index < -0.39 is 0 Å². The van der Waals surface area contributed by atoms with Gasteiger partial charge in [0.15, 0.2) is 0 Å². The van der Waals surface area contributed by atoms with Crippen molar-refractivity contribution >= 4 is 23.6 Å². The molecule has 1 rings (SSSR count). The molecule has 1 heterocycles. The van der Waals surface area contributed by atoms with Crippen LogP contribution in [0.25, 0.3) is 0 Å². The molecular weight excluding hydrogens is 236 g/mol. The maximum Gasteiger partial charge on any atom is 0.229 e. The molecule has 2 amide bonds. The van der Waals surface area contributed by atoms with Crippen LogP contribution in [-0.4, -0.2) is 48.4 Å². The van der Waals surface area contributed by atoms with Gasteiger partial charge in [0.2, 0.25) is 11.8 Å². The second-order valence-electron chi connectivity index (χ2n) is 4.33. The molecule has 4 nitrogen and oxygen atoms in total. The maximum atomic E-state index is 11.7. The predicted molar refractivity (Wildman–Crippen MR) is 71.1 cm³/mol. The third kappa shape index (κ3) is 5.96. The van der Waals surface area contributed by atoms with Crippen molar-refractivity contribution < 1.29 is 9.59 Å². The van der Waals surface area contributed by atoms with Gasteiger partial charge in [-0.25, -0.2) is 0 Å². The molecule has 98 valence electrons. The minimum Gasteiger partial charge on any atom is -0.355 e. The highest BCUT2D eigenvalue weighted by molar-refractivity contribution is 7.99. The Morgan fingerprint density at radius 1 is 1.41 bits per heavy atom. The minimum atomic E-state index is 0.0830. The average Bonchev–Trinajstić information content (AvgIpc) is 2.50. The molecule has 17 heavy (non-hydrogen) atoms. The Morgan fingerprint density at radius 3 is 3.00 bits per heavy atom. The summed E-state index contributed by atoms with van der Waals surface area (Å²) in [6, 6.07) is 0. The number of hydrogen-bond acceptors (Lipinski definition) is 3. The van der Waals surface area contributed by atoms with Gasteiger partial charge in [-0.05, 0) is 25.5 Å². The van der Waals surface area contributed by atoms with Crippen molar-refractivity contribution in [2.45, 2.75) is 32.1 Å². The molecule has 0 aliphatic carbocycles. The molecule has 0 aromatic carbocycles. The summed E-state index contributed by atoms with van der Waals surface area (Å²) in [5.41, 5.74) is 0. The lowest BCUT2D eigenvalue weighted by atomic mass is 10.2. The van der Waals surface area contributed by atoms with Gasteiger partial charge in [0, 0.05) is 26.1 Å². The third-order valence-electron chi connectivity index (χ3n) is 2.87. The van der Waals surface area contributed by atoms with Crippen LogP contribution in [0.2, 0.25) is 0 Å². The number of thioether (sulfide) groups is 1. The maximum absolute atomic E-state index is 11.7. The van der Waals surface area contributed by atoms with Gasteiger partial charge in [-0.1, -0.05) is 6.42 Å². The van der Waals surface area contributed by atoms with E-state index in [1.54, 1.807) is 0 Å². The Labute approximate surface area is 108 Å². The van der Waals surface area contributed by atoms with Crippen molar-refractivity contribution in [1.29, 1.82) is 0 Å². The quantitative estimate of drug-likeness (QED) is 0.730. The molecule has 0 spiro atoms. The molecule has 0 aromatic rings. The van der Waals surface area contributed by atoms with Gasteiger partial charge in [0.05, 0.1) is 5.75 Å². The Hall–Kier alpha value is -0.710. The van der Waals surface area contributed by atoms with Crippen LogP contribution in [0.15, 0.2) is 0 Å². The van der Waals surface area contributed by atoms with E-state index in [2.05, 4.69) is 5.32 Å². The summed E-state index contributed by atoms with van der Waals surface area (Å²) >= 11 is 1.52. The molecular formula is C12H22N2O2S. The lowest BCUT2D eigenvalue weighted by Crippen LogP contribution is -2.34. The molecule has 0 saturated carbocycles. The third-order valence-corrected chi connectivity index (χ3v) is 3.42. The van der Waals surface area contributed by atoms with Crippen LogP contribution in [0.4, 0.5) is 0 Å². The summed E-state index contributed by atoms with van der Waals surface area (Å²) in [6.45, 7) is 2.33. The number of hydrogen-bond donors (Lipinski definition) is 1. The van der Waals surface area contributed by atoms with E-state index in [4.69, 9.17) is 0 Å². The smallest absolute Gasteiger partial charge is 0.229 e. The number of nitrogens with zero attached hydrogens (tertiary/aromatic N) is 1. The largest absolute Gasteiger partial charge is 0.355 e. The van der Waals surface area contributed by atoms with Gasteiger partial charge in [-0.15, -0.1) is 0 Å². The van der Waals surface area contributed by atoms with Gasteiger partial charge in [-0.3, -0.25) is 9.59 Å². The van der Waals surface area contributed by atoms with Crippen molar-refractivity contribution in [3.63, 3.8) is 0 Å². The van der Waals surface area contributed by atoms with E-state index in [0.717, 1.165) is 38.8 Å². The Bertz CT molecular complexity index is 259. The van der Waals surface area contributed by atoms with Crippen LogP contribution in [0.5, 0.6) is 0 Å². The summed E-state index contributed by atoms with van der Waals surface area (Å²) in [6.07, 6.45) is 6.76. The van der Waals surface area contributed by atoms with E-state index >= 15 is 0 Å². The monoisotopic (exact) mass is 258 g/mol. The first-order valence-corrected chi connectivity index (χ1v) is 7.67. The van der Waals surface area contributed by atoms with Gasteiger partial charge >= 0.3 is 0 Å². The van der Waals surface area contributed by atoms with Crippen LogP contribution in [-0.2, 0) is 9.59 Å². The zero-order valence-electron chi connectivity index (χ0n) is 10.5. The number of amides is 2. The highest BCUT2D eigenvalue weighted by atomic mass is 32.2. The zero-order chi connectivity index (χ0) is 12.5. The van der Waals surface area contributed by atoms with Gasteiger partial charge in [0.1, 0.15) is 0 Å². The van der Waals surface area contributed by atoms with E-state index in [-0.39, 0.29) is 11.8 Å². The molecule has 0 radical (unpaired) electrons. The van der Waals surface area contributed by atoms with E-state index in [1.807, 2.05) is 11.2 Å². The first kappa shape index (κ1) is 14.4. The van der Waals surface area contributed by atoms with Crippen molar-refractivity contribution in [1.82, 2.24) is 10.2 Å². The summed E-state index contributed by atoms with van der Waals surface area (Å²) in [5.74, 6) is 0.875. The summed E-state index contributed by atoms with van der Waals surface area (Å²) in [5, 5.41) is 2.86. The topological polar surface area (TPSA) is 49.4 Å². The average molecular weight is 258 g/mol. The minimum absolute atomic E-state index is 0.0830. The van der Waals surface area contributed by atoms with E-state index in [0.29, 0.717) is 18.7 Å². The van der Waals surface area contributed by atoms with Gasteiger partial charge < -0.3 is 10.2 Å². The van der Waals surface area contributed by atoms with Crippen molar-refractivity contribution in [3.8, 4) is 0 Å². The van der Waals surface area contributed by atoms with Crippen molar-refractivity contribution in [2.75, 3.05) is 31.6 Å². The summed E-state index contributed by atoms with van der Waals surface area (Å²) < 4.78 is 0. The number of rotatable bonds is 6. The van der Waals surface area contributed by atoms with E-state index in [1.165, 1.54) is 11.8 Å². The molecule has 0 unspecified atom stereocenters. The van der Waals surface area contributed by atoms with Crippen molar-refractivity contribution in [3.05, 3.63) is 0 Å². The van der Waals surface area contributed by atoms with Crippen LogP contribution >= 0.6 is 11.8 Å². The molecule has 1 aliphatic heterocycles. The second kappa shape index (κ2) is 8.39. The van der Waals surface area contributed by atoms with E-state index in [9.17, 15) is 9.59 Å². The molecule has 1 saturated heterocycles. The van der Waals surface area contributed by atoms with Crippen molar-refractivity contribution in [2.24, 2.45) is 0 Å².